The Bertz CT molecular complexity index is 1280. The van der Waals surface area contributed by atoms with Crippen LogP contribution in [0, 0.1) is 0 Å². The van der Waals surface area contributed by atoms with E-state index in [-0.39, 0.29) is 24.5 Å². The van der Waals surface area contributed by atoms with Crippen LogP contribution in [0.3, 0.4) is 0 Å². The molecule has 1 aliphatic rings. The fourth-order valence-corrected chi connectivity index (χ4v) is 5.29. The molecule has 3 N–H and O–H groups in total. The van der Waals surface area contributed by atoms with Gasteiger partial charge in [0.2, 0.25) is 11.8 Å². The Morgan fingerprint density at radius 3 is 2.30 bits per heavy atom. The molecule has 2 amide bonds. The molecular weight excluding hydrogens is 412 g/mol. The van der Waals surface area contributed by atoms with Crippen LogP contribution >= 0.6 is 0 Å². The van der Waals surface area contributed by atoms with Gasteiger partial charge in [-0.15, -0.1) is 0 Å². The van der Waals surface area contributed by atoms with Crippen LogP contribution in [-0.2, 0) is 16.0 Å². The lowest BCUT2D eigenvalue weighted by atomic mass is 9.90. The van der Waals surface area contributed by atoms with E-state index < -0.39 is 6.04 Å². The molecule has 1 atom stereocenters. The number of aryl methyl sites for hydroxylation is 1. The van der Waals surface area contributed by atoms with E-state index in [0.29, 0.717) is 12.8 Å². The molecule has 0 heterocycles. The lowest BCUT2D eigenvalue weighted by Gasteiger charge is -2.19. The normalized spacial score (nSPS) is 15.4. The molecule has 5 nitrogen and oxygen atoms in total. The fourth-order valence-electron chi connectivity index (χ4n) is 5.29. The van der Waals surface area contributed by atoms with E-state index in [4.69, 9.17) is 0 Å². The van der Waals surface area contributed by atoms with Crippen molar-refractivity contribution in [3.05, 3.63) is 60.2 Å². The van der Waals surface area contributed by atoms with Crippen molar-refractivity contribution in [2.24, 2.45) is 0 Å². The van der Waals surface area contributed by atoms with E-state index in [9.17, 15) is 14.7 Å². The molecule has 0 spiro atoms. The molecule has 4 aromatic carbocycles. The Morgan fingerprint density at radius 1 is 0.909 bits per heavy atom. The standard InChI is InChI=1S/C28H30N2O3/c31-17-24(28(33)29-22-8-1-2-9-22)30-25(32)10-4-5-18-11-12-21-14-13-19-6-3-7-20-15-16-23(18)27(21)26(19)20/h3,6-7,11-16,22,24,31H,1-2,4-5,8-10,17H2,(H,29,33)(H,30,32). The topological polar surface area (TPSA) is 78.4 Å². The summed E-state index contributed by atoms with van der Waals surface area (Å²) < 4.78 is 0. The van der Waals surface area contributed by atoms with Crippen molar-refractivity contribution in [2.45, 2.75) is 57.0 Å². The summed E-state index contributed by atoms with van der Waals surface area (Å²) in [6, 6.07) is 18.7. The van der Waals surface area contributed by atoms with Crippen molar-refractivity contribution >= 4 is 44.1 Å². The minimum absolute atomic E-state index is 0.165. The van der Waals surface area contributed by atoms with Gasteiger partial charge in [0, 0.05) is 12.5 Å². The number of nitrogens with one attached hydrogen (secondary N) is 2. The molecule has 4 aromatic rings. The monoisotopic (exact) mass is 442 g/mol. The molecule has 5 heteroatoms. The number of aliphatic hydroxyl groups excluding tert-OH is 1. The molecule has 5 rings (SSSR count). The van der Waals surface area contributed by atoms with E-state index in [1.807, 2.05) is 0 Å². The molecule has 0 aromatic heterocycles. The van der Waals surface area contributed by atoms with Crippen molar-refractivity contribution in [2.75, 3.05) is 6.61 Å². The van der Waals surface area contributed by atoms with E-state index in [1.165, 1.54) is 37.9 Å². The minimum atomic E-state index is -0.882. The number of aliphatic hydroxyl groups is 1. The van der Waals surface area contributed by atoms with Crippen LogP contribution in [0.1, 0.15) is 44.1 Å². The van der Waals surface area contributed by atoms with Gasteiger partial charge in [-0.2, -0.15) is 0 Å². The number of amides is 2. The van der Waals surface area contributed by atoms with Gasteiger partial charge in [-0.05, 0) is 63.6 Å². The number of hydrogen-bond acceptors (Lipinski definition) is 3. The maximum absolute atomic E-state index is 12.5. The highest BCUT2D eigenvalue weighted by molar-refractivity contribution is 6.23. The Balaban J connectivity index is 1.24. The van der Waals surface area contributed by atoms with Crippen LogP contribution in [0.5, 0.6) is 0 Å². The summed E-state index contributed by atoms with van der Waals surface area (Å²) in [6.07, 6.45) is 5.94. The summed E-state index contributed by atoms with van der Waals surface area (Å²) in [5, 5.41) is 22.8. The molecule has 1 unspecified atom stereocenters. The second-order valence-electron chi connectivity index (χ2n) is 9.23. The lowest BCUT2D eigenvalue weighted by molar-refractivity contribution is -0.130. The Labute approximate surface area is 193 Å². The van der Waals surface area contributed by atoms with Gasteiger partial charge in [0.05, 0.1) is 6.61 Å². The average molecular weight is 443 g/mol. The fraction of sp³-hybridized carbons (Fsp3) is 0.357. The second kappa shape index (κ2) is 9.36. The highest BCUT2D eigenvalue weighted by Crippen LogP contribution is 2.36. The lowest BCUT2D eigenvalue weighted by Crippen LogP contribution is -2.51. The first kappa shape index (κ1) is 21.7. The molecular formula is C28H30N2O3. The van der Waals surface area contributed by atoms with E-state index in [2.05, 4.69) is 65.2 Å². The number of rotatable bonds is 8. The first-order chi connectivity index (χ1) is 16.1. The van der Waals surface area contributed by atoms with Gasteiger partial charge in [0.25, 0.3) is 0 Å². The van der Waals surface area contributed by atoms with Gasteiger partial charge in [-0.3, -0.25) is 9.59 Å². The van der Waals surface area contributed by atoms with Crippen molar-refractivity contribution in [3.63, 3.8) is 0 Å². The van der Waals surface area contributed by atoms with E-state index >= 15 is 0 Å². The average Bonchev–Trinajstić information content (AvgIpc) is 3.34. The van der Waals surface area contributed by atoms with Crippen molar-refractivity contribution in [1.82, 2.24) is 10.6 Å². The molecule has 0 saturated heterocycles. The first-order valence-corrected chi connectivity index (χ1v) is 12.0. The SMILES string of the molecule is O=C(CCCc1ccc2ccc3cccc4ccc1c2c34)NC(CO)C(=O)NC1CCCC1. The van der Waals surface area contributed by atoms with Crippen LogP contribution in [0.15, 0.2) is 54.6 Å². The van der Waals surface area contributed by atoms with Gasteiger partial charge in [-0.1, -0.05) is 67.4 Å². The van der Waals surface area contributed by atoms with Crippen LogP contribution in [0.4, 0.5) is 0 Å². The van der Waals surface area contributed by atoms with Crippen molar-refractivity contribution in [1.29, 1.82) is 0 Å². The summed E-state index contributed by atoms with van der Waals surface area (Å²) in [5.74, 6) is -0.488. The van der Waals surface area contributed by atoms with E-state index in [1.54, 1.807) is 0 Å². The molecule has 0 bridgehead atoms. The maximum atomic E-state index is 12.5. The summed E-state index contributed by atoms with van der Waals surface area (Å²) in [7, 11) is 0. The Hall–Kier alpha value is -3.18. The summed E-state index contributed by atoms with van der Waals surface area (Å²) in [6.45, 7) is -0.390. The van der Waals surface area contributed by atoms with E-state index in [0.717, 1.165) is 32.1 Å². The minimum Gasteiger partial charge on any atom is -0.394 e. The smallest absolute Gasteiger partial charge is 0.245 e. The number of carbonyl (C=O) groups is 2. The third kappa shape index (κ3) is 4.38. The molecule has 0 radical (unpaired) electrons. The Kier molecular flexibility index (Phi) is 6.14. The molecule has 1 aliphatic carbocycles. The zero-order chi connectivity index (χ0) is 22.8. The molecule has 170 valence electrons. The first-order valence-electron chi connectivity index (χ1n) is 12.0. The number of benzene rings is 4. The van der Waals surface area contributed by atoms with Gasteiger partial charge < -0.3 is 15.7 Å². The Morgan fingerprint density at radius 2 is 1.58 bits per heavy atom. The van der Waals surface area contributed by atoms with Crippen LogP contribution in [0.2, 0.25) is 0 Å². The number of hydrogen-bond donors (Lipinski definition) is 3. The van der Waals surface area contributed by atoms with Crippen LogP contribution in [-0.4, -0.2) is 35.6 Å². The highest BCUT2D eigenvalue weighted by atomic mass is 16.3. The maximum Gasteiger partial charge on any atom is 0.245 e. The van der Waals surface area contributed by atoms with Gasteiger partial charge >= 0.3 is 0 Å². The third-order valence-electron chi connectivity index (χ3n) is 7.00. The molecule has 1 fully saturated rings. The highest BCUT2D eigenvalue weighted by Gasteiger charge is 2.24. The van der Waals surface area contributed by atoms with Crippen LogP contribution in [0.25, 0.3) is 32.3 Å². The predicted molar refractivity (Wildman–Crippen MR) is 132 cm³/mol. The van der Waals surface area contributed by atoms with Crippen molar-refractivity contribution < 1.29 is 14.7 Å². The predicted octanol–water partition coefficient (Wildman–Crippen LogP) is 4.44. The summed E-state index contributed by atoms with van der Waals surface area (Å²) in [5.41, 5.74) is 1.23. The van der Waals surface area contributed by atoms with Gasteiger partial charge in [0.1, 0.15) is 6.04 Å². The largest absolute Gasteiger partial charge is 0.394 e. The van der Waals surface area contributed by atoms with Gasteiger partial charge in [-0.25, -0.2) is 0 Å². The van der Waals surface area contributed by atoms with Crippen molar-refractivity contribution in [3.8, 4) is 0 Å². The zero-order valence-electron chi connectivity index (χ0n) is 18.8. The summed E-state index contributed by atoms with van der Waals surface area (Å²) in [4.78, 5) is 24.9. The van der Waals surface area contributed by atoms with Crippen LogP contribution < -0.4 is 10.6 Å². The third-order valence-corrected chi connectivity index (χ3v) is 7.00. The number of carbonyl (C=O) groups excluding carboxylic acids is 2. The molecule has 0 aliphatic heterocycles. The van der Waals surface area contributed by atoms with Gasteiger partial charge in [0.15, 0.2) is 0 Å². The summed E-state index contributed by atoms with van der Waals surface area (Å²) >= 11 is 0. The zero-order valence-corrected chi connectivity index (χ0v) is 18.8. The quantitative estimate of drug-likeness (QED) is 0.353. The molecule has 1 saturated carbocycles. The second-order valence-corrected chi connectivity index (χ2v) is 9.23. The molecule has 33 heavy (non-hydrogen) atoms.